The molecule has 0 radical (unpaired) electrons. The second-order valence-corrected chi connectivity index (χ2v) is 14.6. The highest BCUT2D eigenvalue weighted by Crippen LogP contribution is 2.57. The van der Waals surface area contributed by atoms with E-state index in [1.54, 1.807) is 0 Å². The maximum Gasteiger partial charge on any atom is 0.433 e. The maximum absolute atomic E-state index is 13.5. The quantitative estimate of drug-likeness (QED) is 0.417. The minimum Gasteiger partial charge on any atom is -0.323 e. The molecule has 0 unspecified atom stereocenters. The minimum absolute atomic E-state index is 0.000417. The zero-order valence-corrected chi connectivity index (χ0v) is 23.0. The Morgan fingerprint density at radius 1 is 0.902 bits per heavy atom. The van der Waals surface area contributed by atoms with Gasteiger partial charge in [0.2, 0.25) is 0 Å². The fraction of sp³-hybridized carbons (Fsp3) is 0.571. The van der Waals surface area contributed by atoms with Gasteiger partial charge in [0.15, 0.2) is 9.84 Å². The molecule has 13 heteroatoms. The number of urea groups is 1. The lowest BCUT2D eigenvalue weighted by Gasteiger charge is -2.63. The van der Waals surface area contributed by atoms with Crippen molar-refractivity contribution >= 4 is 15.9 Å². The molecule has 2 saturated heterocycles. The van der Waals surface area contributed by atoms with E-state index >= 15 is 0 Å². The molecule has 1 aromatic carbocycles. The fourth-order valence-corrected chi connectivity index (χ4v) is 8.33. The Balaban J connectivity index is 0.954. The van der Waals surface area contributed by atoms with Gasteiger partial charge < -0.3 is 9.80 Å². The SMILES string of the molecule is CS(=O)(=O)c1ccc(CC2CC3(C2)CN(C(=O)N2CC4(CC(c5ccc(C(F)(F)F)nc5)C4)C2)C3)cc1C(F)(F)F. The zero-order valence-electron chi connectivity index (χ0n) is 22.2. The summed E-state index contributed by atoms with van der Waals surface area (Å²) in [6, 6.07) is 5.91. The number of sulfone groups is 1. The van der Waals surface area contributed by atoms with Crippen LogP contribution >= 0.6 is 0 Å². The van der Waals surface area contributed by atoms with Gasteiger partial charge in [-0.05, 0) is 73.3 Å². The van der Waals surface area contributed by atoms with Gasteiger partial charge in [0.25, 0.3) is 0 Å². The Hall–Kier alpha value is -2.83. The number of hydrogen-bond donors (Lipinski definition) is 0. The zero-order chi connectivity index (χ0) is 29.6. The van der Waals surface area contributed by atoms with Crippen LogP contribution in [0.4, 0.5) is 31.1 Å². The van der Waals surface area contributed by atoms with Crippen LogP contribution in [-0.4, -0.2) is 61.7 Å². The van der Waals surface area contributed by atoms with Crippen LogP contribution < -0.4 is 0 Å². The lowest BCUT2D eigenvalue weighted by molar-refractivity contribution is -0.141. The molecule has 1 aromatic heterocycles. The van der Waals surface area contributed by atoms with E-state index in [4.69, 9.17) is 0 Å². The number of rotatable bonds is 4. The Bertz CT molecular complexity index is 1460. The number of alkyl halides is 6. The number of benzene rings is 1. The van der Waals surface area contributed by atoms with E-state index in [1.807, 2.05) is 9.80 Å². The van der Waals surface area contributed by atoms with E-state index in [9.17, 15) is 39.6 Å². The molecule has 0 bridgehead atoms. The molecule has 0 atom stereocenters. The first-order valence-corrected chi connectivity index (χ1v) is 15.3. The van der Waals surface area contributed by atoms with Crippen molar-refractivity contribution in [3.8, 4) is 0 Å². The number of halogens is 6. The number of aromatic nitrogens is 1. The summed E-state index contributed by atoms with van der Waals surface area (Å²) in [4.78, 5) is 19.4. The third-order valence-corrected chi connectivity index (χ3v) is 10.4. The van der Waals surface area contributed by atoms with E-state index in [-0.39, 0.29) is 28.7 Å². The largest absolute Gasteiger partial charge is 0.433 e. The highest BCUT2D eigenvalue weighted by atomic mass is 32.2. The summed E-state index contributed by atoms with van der Waals surface area (Å²) < 4.78 is 102. The fourth-order valence-electron chi connectivity index (χ4n) is 7.44. The van der Waals surface area contributed by atoms with Crippen LogP contribution in [0.15, 0.2) is 41.4 Å². The summed E-state index contributed by atoms with van der Waals surface area (Å²) in [6.45, 7) is 2.50. The van der Waals surface area contributed by atoms with Crippen molar-refractivity contribution in [2.45, 2.75) is 55.3 Å². The van der Waals surface area contributed by atoms with Crippen molar-refractivity contribution in [2.75, 3.05) is 32.4 Å². The van der Waals surface area contributed by atoms with Gasteiger partial charge in [0.05, 0.1) is 10.5 Å². The van der Waals surface area contributed by atoms with E-state index in [1.165, 1.54) is 18.3 Å². The van der Waals surface area contributed by atoms with E-state index in [0.29, 0.717) is 38.2 Å². The number of carbonyl (C=O) groups excluding carboxylic acids is 1. The number of amides is 2. The number of pyridine rings is 1. The van der Waals surface area contributed by atoms with E-state index in [2.05, 4.69) is 4.98 Å². The molecule has 4 aliphatic rings. The van der Waals surface area contributed by atoms with Gasteiger partial charge in [-0.2, -0.15) is 26.3 Å². The molecular formula is C28H29F6N3O3S. The van der Waals surface area contributed by atoms with E-state index in [0.717, 1.165) is 55.7 Å². The van der Waals surface area contributed by atoms with Crippen LogP contribution in [0.5, 0.6) is 0 Å². The van der Waals surface area contributed by atoms with Crippen molar-refractivity contribution in [3.63, 3.8) is 0 Å². The highest BCUT2D eigenvalue weighted by molar-refractivity contribution is 7.90. The molecule has 2 spiro atoms. The smallest absolute Gasteiger partial charge is 0.323 e. The normalized spacial score (nSPS) is 22.2. The predicted octanol–water partition coefficient (Wildman–Crippen LogP) is 5.78. The summed E-state index contributed by atoms with van der Waals surface area (Å²) in [6.07, 6.45) is -3.50. The van der Waals surface area contributed by atoms with Crippen LogP contribution in [0.3, 0.4) is 0 Å². The maximum atomic E-state index is 13.5. The van der Waals surface area contributed by atoms with E-state index < -0.39 is 38.3 Å². The summed E-state index contributed by atoms with van der Waals surface area (Å²) in [5, 5.41) is 0. The first kappa shape index (κ1) is 28.3. The molecule has 2 saturated carbocycles. The average molecular weight is 602 g/mol. The molecular weight excluding hydrogens is 572 g/mol. The Morgan fingerprint density at radius 3 is 1.98 bits per heavy atom. The molecule has 41 heavy (non-hydrogen) atoms. The van der Waals surface area contributed by atoms with Crippen molar-refractivity contribution in [1.82, 2.24) is 14.8 Å². The molecule has 6 nitrogen and oxygen atoms in total. The predicted molar refractivity (Wildman–Crippen MR) is 136 cm³/mol. The molecule has 2 aromatic rings. The molecule has 0 N–H and O–H groups in total. The van der Waals surface area contributed by atoms with Crippen LogP contribution in [0.2, 0.25) is 0 Å². The summed E-state index contributed by atoms with van der Waals surface area (Å²) in [5.74, 6) is 0.326. The summed E-state index contributed by atoms with van der Waals surface area (Å²) >= 11 is 0. The van der Waals surface area contributed by atoms with Crippen LogP contribution in [0, 0.1) is 16.7 Å². The Kier molecular flexibility index (Phi) is 6.27. The molecule has 222 valence electrons. The van der Waals surface area contributed by atoms with Crippen molar-refractivity contribution in [2.24, 2.45) is 16.7 Å². The molecule has 3 heterocycles. The first-order chi connectivity index (χ1) is 19.0. The Morgan fingerprint density at radius 2 is 1.49 bits per heavy atom. The van der Waals surface area contributed by atoms with Crippen LogP contribution in [0.1, 0.15) is 54.0 Å². The highest BCUT2D eigenvalue weighted by Gasteiger charge is 2.58. The van der Waals surface area contributed by atoms with Gasteiger partial charge in [-0.15, -0.1) is 0 Å². The molecule has 6 rings (SSSR count). The monoisotopic (exact) mass is 601 g/mol. The second kappa shape index (κ2) is 9.08. The van der Waals surface area contributed by atoms with Gasteiger partial charge in [-0.25, -0.2) is 13.2 Å². The van der Waals surface area contributed by atoms with Gasteiger partial charge in [-0.3, -0.25) is 4.98 Å². The first-order valence-electron chi connectivity index (χ1n) is 13.4. The lowest BCUT2D eigenvalue weighted by atomic mass is 9.55. The topological polar surface area (TPSA) is 70.6 Å². The average Bonchev–Trinajstić information content (AvgIpc) is 2.76. The molecule has 2 amide bonds. The Labute approximate surface area is 233 Å². The van der Waals surface area contributed by atoms with Crippen LogP contribution in [-0.2, 0) is 28.6 Å². The minimum atomic E-state index is -4.76. The van der Waals surface area contributed by atoms with Crippen LogP contribution in [0.25, 0.3) is 0 Å². The van der Waals surface area contributed by atoms with Gasteiger partial charge >= 0.3 is 18.4 Å². The summed E-state index contributed by atoms with van der Waals surface area (Å²) in [7, 11) is -4.01. The number of hydrogen-bond acceptors (Lipinski definition) is 4. The number of likely N-dealkylation sites (tertiary alicyclic amines) is 2. The lowest BCUT2D eigenvalue weighted by Crippen LogP contribution is -2.70. The van der Waals surface area contributed by atoms with Gasteiger partial charge in [-0.1, -0.05) is 12.1 Å². The van der Waals surface area contributed by atoms with Gasteiger partial charge in [0, 0.05) is 49.5 Å². The number of carbonyl (C=O) groups is 1. The van der Waals surface area contributed by atoms with Crippen molar-refractivity contribution < 1.29 is 39.6 Å². The standard InChI is InChI=1S/C28H29F6N3O3S/c1-41(39,40)22-4-2-17(7-21(22)27(29,30)31)6-18-8-25(9-18)13-36(14-25)24(38)37-15-26(16-37)10-20(11-26)19-3-5-23(35-12-19)28(32,33)34/h2-5,7,12,18,20H,6,8-11,13-16H2,1H3. The molecule has 4 fully saturated rings. The van der Waals surface area contributed by atoms with Crippen molar-refractivity contribution in [3.05, 3.63) is 58.9 Å². The third-order valence-electron chi connectivity index (χ3n) is 9.27. The van der Waals surface area contributed by atoms with Gasteiger partial charge in [0.1, 0.15) is 5.69 Å². The third kappa shape index (κ3) is 5.18. The molecule has 2 aliphatic carbocycles. The summed E-state index contributed by atoms with van der Waals surface area (Å²) in [5.41, 5.74) is -0.769. The second-order valence-electron chi connectivity index (χ2n) is 12.7. The number of nitrogens with zero attached hydrogens (tertiary/aromatic N) is 3. The van der Waals surface area contributed by atoms with Crippen molar-refractivity contribution in [1.29, 1.82) is 0 Å². The molecule has 2 aliphatic heterocycles.